The summed E-state index contributed by atoms with van der Waals surface area (Å²) in [6.07, 6.45) is 12.4. The Bertz CT molecular complexity index is 768. The molecule has 0 aromatic heterocycles. The molecule has 0 spiro atoms. The van der Waals surface area contributed by atoms with E-state index >= 15 is 0 Å². The second kappa shape index (κ2) is 11.7. The summed E-state index contributed by atoms with van der Waals surface area (Å²) in [6, 6.07) is 17.1. The minimum Gasteiger partial charge on any atom is -0.494 e. The lowest BCUT2D eigenvalue weighted by Crippen LogP contribution is -2.18. The molecule has 1 saturated heterocycles. The highest BCUT2D eigenvalue weighted by atomic mass is 16.6. The maximum Gasteiger partial charge on any atom is 0.119 e. The predicted octanol–water partition coefficient (Wildman–Crippen LogP) is 6.97. The number of epoxide rings is 1. The molecule has 1 saturated carbocycles. The maximum atomic E-state index is 5.91. The normalized spacial score (nSPS) is 22.2. The Balaban J connectivity index is 0.973. The molecule has 0 amide bonds. The largest absolute Gasteiger partial charge is 0.494 e. The first-order chi connectivity index (χ1) is 15.3. The van der Waals surface area contributed by atoms with Crippen LogP contribution in [0.15, 0.2) is 48.5 Å². The van der Waals surface area contributed by atoms with Crippen molar-refractivity contribution in [2.45, 2.75) is 76.9 Å². The summed E-state index contributed by atoms with van der Waals surface area (Å²) >= 11 is 0. The summed E-state index contributed by atoms with van der Waals surface area (Å²) in [7, 11) is 0. The molecule has 2 aromatic rings. The molecule has 3 unspecified atom stereocenters. The third kappa shape index (κ3) is 7.36. The van der Waals surface area contributed by atoms with E-state index in [4.69, 9.17) is 14.2 Å². The SMILES string of the molecule is Cc1ccc(-c2ccc(OCCCCCCCCOCC3CCC4OC4C3)cc2)cc1. The van der Waals surface area contributed by atoms with E-state index < -0.39 is 0 Å². The molecule has 1 aliphatic carbocycles. The van der Waals surface area contributed by atoms with Gasteiger partial charge in [-0.2, -0.15) is 0 Å². The zero-order valence-corrected chi connectivity index (χ0v) is 19.1. The first kappa shape index (κ1) is 22.4. The monoisotopic (exact) mass is 422 g/mol. The summed E-state index contributed by atoms with van der Waals surface area (Å²) in [5.41, 5.74) is 3.78. The Hall–Kier alpha value is -1.84. The minimum absolute atomic E-state index is 0.573. The molecule has 2 aromatic carbocycles. The molecule has 0 N–H and O–H groups in total. The molecule has 2 fully saturated rings. The van der Waals surface area contributed by atoms with Crippen molar-refractivity contribution in [3.63, 3.8) is 0 Å². The number of unbranched alkanes of at least 4 members (excludes halogenated alkanes) is 5. The molecule has 3 nitrogen and oxygen atoms in total. The number of benzene rings is 2. The van der Waals surface area contributed by atoms with Gasteiger partial charge in [-0.25, -0.2) is 0 Å². The fourth-order valence-corrected chi connectivity index (χ4v) is 4.58. The molecule has 31 heavy (non-hydrogen) atoms. The summed E-state index contributed by atoms with van der Waals surface area (Å²) in [6.45, 7) is 4.79. The van der Waals surface area contributed by atoms with Crippen LogP contribution in [0.2, 0.25) is 0 Å². The van der Waals surface area contributed by atoms with Crippen LogP contribution >= 0.6 is 0 Å². The molecule has 4 rings (SSSR count). The highest BCUT2D eigenvalue weighted by Gasteiger charge is 2.43. The van der Waals surface area contributed by atoms with Crippen LogP contribution in [0.4, 0.5) is 0 Å². The lowest BCUT2D eigenvalue weighted by atomic mass is 9.90. The topological polar surface area (TPSA) is 31.0 Å². The molecule has 1 aliphatic heterocycles. The number of hydrogen-bond donors (Lipinski definition) is 0. The van der Waals surface area contributed by atoms with Crippen LogP contribution in [-0.2, 0) is 9.47 Å². The summed E-state index contributed by atoms with van der Waals surface area (Å²) in [5.74, 6) is 1.71. The van der Waals surface area contributed by atoms with Crippen LogP contribution in [0.5, 0.6) is 5.75 Å². The van der Waals surface area contributed by atoms with Crippen molar-refractivity contribution in [3.05, 3.63) is 54.1 Å². The Kier molecular flexibility index (Phi) is 8.43. The molecule has 0 radical (unpaired) electrons. The molecule has 0 bridgehead atoms. The number of aryl methyl sites for hydroxylation is 1. The van der Waals surface area contributed by atoms with Gasteiger partial charge in [0.15, 0.2) is 0 Å². The van der Waals surface area contributed by atoms with Crippen molar-refractivity contribution in [2.24, 2.45) is 5.92 Å². The predicted molar refractivity (Wildman–Crippen MR) is 127 cm³/mol. The zero-order valence-electron chi connectivity index (χ0n) is 19.1. The van der Waals surface area contributed by atoms with Gasteiger partial charge < -0.3 is 14.2 Å². The molecule has 168 valence electrons. The molecule has 2 aliphatic rings. The van der Waals surface area contributed by atoms with E-state index in [2.05, 4.69) is 55.5 Å². The Morgan fingerprint density at radius 2 is 1.39 bits per heavy atom. The van der Waals surface area contributed by atoms with Gasteiger partial charge in [0.1, 0.15) is 5.75 Å². The number of fused-ring (bicyclic) bond motifs is 1. The van der Waals surface area contributed by atoms with Crippen LogP contribution < -0.4 is 4.74 Å². The lowest BCUT2D eigenvalue weighted by molar-refractivity contribution is 0.0851. The van der Waals surface area contributed by atoms with Gasteiger partial charge in [0.05, 0.1) is 18.8 Å². The summed E-state index contributed by atoms with van der Waals surface area (Å²) in [5, 5.41) is 0. The van der Waals surface area contributed by atoms with Gasteiger partial charge in [-0.3, -0.25) is 0 Å². The van der Waals surface area contributed by atoms with Gasteiger partial charge in [-0.05, 0) is 68.2 Å². The zero-order chi connectivity index (χ0) is 21.3. The lowest BCUT2D eigenvalue weighted by Gasteiger charge is -2.18. The number of hydrogen-bond acceptors (Lipinski definition) is 3. The van der Waals surface area contributed by atoms with Gasteiger partial charge in [0, 0.05) is 13.2 Å². The highest BCUT2D eigenvalue weighted by molar-refractivity contribution is 5.64. The van der Waals surface area contributed by atoms with Crippen molar-refractivity contribution in [1.82, 2.24) is 0 Å². The van der Waals surface area contributed by atoms with E-state index in [1.54, 1.807) is 0 Å². The van der Waals surface area contributed by atoms with Crippen LogP contribution in [0.25, 0.3) is 11.1 Å². The molecule has 3 atom stereocenters. The molecule has 3 heteroatoms. The number of ether oxygens (including phenoxy) is 3. The second-order valence-corrected chi connectivity index (χ2v) is 9.33. The third-order valence-electron chi connectivity index (χ3n) is 6.66. The number of rotatable bonds is 13. The van der Waals surface area contributed by atoms with E-state index in [-0.39, 0.29) is 0 Å². The smallest absolute Gasteiger partial charge is 0.119 e. The quantitative estimate of drug-likeness (QED) is 0.258. The van der Waals surface area contributed by atoms with E-state index in [1.165, 1.54) is 68.1 Å². The Morgan fingerprint density at radius 1 is 0.742 bits per heavy atom. The molecular weight excluding hydrogens is 384 g/mol. The van der Waals surface area contributed by atoms with Gasteiger partial charge in [0.25, 0.3) is 0 Å². The van der Waals surface area contributed by atoms with E-state index in [0.717, 1.165) is 37.9 Å². The van der Waals surface area contributed by atoms with Crippen molar-refractivity contribution < 1.29 is 14.2 Å². The van der Waals surface area contributed by atoms with Crippen molar-refractivity contribution in [2.75, 3.05) is 19.8 Å². The van der Waals surface area contributed by atoms with Crippen molar-refractivity contribution in [1.29, 1.82) is 0 Å². The van der Waals surface area contributed by atoms with E-state index in [9.17, 15) is 0 Å². The summed E-state index contributed by atoms with van der Waals surface area (Å²) < 4.78 is 17.4. The van der Waals surface area contributed by atoms with E-state index in [1.807, 2.05) is 0 Å². The first-order valence-corrected chi connectivity index (χ1v) is 12.3. The van der Waals surface area contributed by atoms with E-state index in [0.29, 0.717) is 12.2 Å². The standard InChI is InChI=1S/C28H38O3/c1-22-8-11-24(12-9-22)25-13-15-26(16-14-25)30-19-7-5-3-2-4-6-18-29-21-23-10-17-27-28(20-23)31-27/h8-9,11-16,23,27-28H,2-7,10,17-21H2,1H3. The average molecular weight is 423 g/mol. The van der Waals surface area contributed by atoms with Crippen LogP contribution in [0, 0.1) is 12.8 Å². The van der Waals surface area contributed by atoms with Gasteiger partial charge in [-0.15, -0.1) is 0 Å². The third-order valence-corrected chi connectivity index (χ3v) is 6.66. The fraction of sp³-hybridized carbons (Fsp3) is 0.571. The fourth-order valence-electron chi connectivity index (χ4n) is 4.58. The molecule has 1 heterocycles. The van der Waals surface area contributed by atoms with Gasteiger partial charge in [-0.1, -0.05) is 67.6 Å². The first-order valence-electron chi connectivity index (χ1n) is 12.3. The van der Waals surface area contributed by atoms with Crippen LogP contribution in [0.1, 0.15) is 63.4 Å². The minimum atomic E-state index is 0.573. The maximum absolute atomic E-state index is 5.91. The molecular formula is C28H38O3. The van der Waals surface area contributed by atoms with Gasteiger partial charge >= 0.3 is 0 Å². The van der Waals surface area contributed by atoms with Gasteiger partial charge in [0.2, 0.25) is 0 Å². The summed E-state index contributed by atoms with van der Waals surface area (Å²) in [4.78, 5) is 0. The Labute approximate surface area is 188 Å². The highest BCUT2D eigenvalue weighted by Crippen LogP contribution is 2.39. The van der Waals surface area contributed by atoms with Crippen LogP contribution in [-0.4, -0.2) is 32.0 Å². The Morgan fingerprint density at radius 3 is 2.10 bits per heavy atom. The van der Waals surface area contributed by atoms with Crippen molar-refractivity contribution >= 4 is 0 Å². The van der Waals surface area contributed by atoms with Crippen molar-refractivity contribution in [3.8, 4) is 16.9 Å². The van der Waals surface area contributed by atoms with Crippen LogP contribution in [0.3, 0.4) is 0 Å². The average Bonchev–Trinajstić information content (AvgIpc) is 3.57. The second-order valence-electron chi connectivity index (χ2n) is 9.33.